The molecule has 1 saturated heterocycles. The first kappa shape index (κ1) is 26.4. The minimum atomic E-state index is -0.518. The summed E-state index contributed by atoms with van der Waals surface area (Å²) in [6.45, 7) is 3.21. The number of anilines is 1. The summed E-state index contributed by atoms with van der Waals surface area (Å²) in [5.41, 5.74) is 1.58. The summed E-state index contributed by atoms with van der Waals surface area (Å²) < 4.78 is 23.1. The zero-order valence-corrected chi connectivity index (χ0v) is 24.2. The maximum atomic E-state index is 16.8. The third-order valence-corrected chi connectivity index (χ3v) is 9.46. The molecule has 2 bridgehead atoms. The van der Waals surface area contributed by atoms with Crippen LogP contribution < -0.4 is 9.64 Å². The molecule has 4 aromatic rings. The number of halogens is 2. The second-order valence-corrected chi connectivity index (χ2v) is 13.0. The van der Waals surface area contributed by atoms with Crippen molar-refractivity contribution >= 4 is 39.1 Å². The minimum Gasteiger partial charge on any atom is -0.463 e. The number of nitriles is 1. The van der Waals surface area contributed by atoms with Crippen LogP contribution in [0, 0.1) is 34.4 Å². The highest BCUT2D eigenvalue weighted by Crippen LogP contribution is 2.47. The Labute approximate surface area is 244 Å². The van der Waals surface area contributed by atoms with Crippen LogP contribution in [0.25, 0.3) is 32.8 Å². The van der Waals surface area contributed by atoms with E-state index in [0.717, 1.165) is 37.9 Å². The molecular formula is C33H33ClFN5O. The fourth-order valence-corrected chi connectivity index (χ4v) is 7.44. The maximum absolute atomic E-state index is 16.8. The Morgan fingerprint density at radius 1 is 1.12 bits per heavy atom. The largest absolute Gasteiger partial charge is 0.463 e. The molecule has 7 rings (SSSR count). The van der Waals surface area contributed by atoms with Gasteiger partial charge >= 0.3 is 6.01 Å². The van der Waals surface area contributed by atoms with Crippen molar-refractivity contribution in [3.63, 3.8) is 0 Å². The van der Waals surface area contributed by atoms with E-state index in [-0.39, 0.29) is 27.5 Å². The Hall–Kier alpha value is -3.47. The minimum absolute atomic E-state index is 0.0898. The monoisotopic (exact) mass is 569 g/mol. The van der Waals surface area contributed by atoms with Gasteiger partial charge in [-0.1, -0.05) is 41.9 Å². The summed E-state index contributed by atoms with van der Waals surface area (Å²) in [6, 6.07) is 15.4. The van der Waals surface area contributed by atoms with Gasteiger partial charge in [-0.15, -0.1) is 0 Å². The molecule has 2 heterocycles. The topological polar surface area (TPSA) is 65.3 Å². The molecule has 41 heavy (non-hydrogen) atoms. The van der Waals surface area contributed by atoms with Crippen molar-refractivity contribution < 1.29 is 9.13 Å². The van der Waals surface area contributed by atoms with Crippen LogP contribution in [0.15, 0.2) is 42.5 Å². The van der Waals surface area contributed by atoms with Gasteiger partial charge in [0.05, 0.1) is 23.3 Å². The van der Waals surface area contributed by atoms with E-state index >= 15 is 4.39 Å². The maximum Gasteiger partial charge on any atom is 0.319 e. The van der Waals surface area contributed by atoms with Gasteiger partial charge in [-0.3, -0.25) is 0 Å². The first-order chi connectivity index (χ1) is 19.8. The number of hydrogen-bond acceptors (Lipinski definition) is 6. The van der Waals surface area contributed by atoms with Crippen molar-refractivity contribution in [1.82, 2.24) is 14.9 Å². The van der Waals surface area contributed by atoms with E-state index in [1.54, 1.807) is 12.1 Å². The second kappa shape index (κ2) is 10.1. The smallest absolute Gasteiger partial charge is 0.319 e. The molecule has 0 radical (unpaired) electrons. The lowest BCUT2D eigenvalue weighted by molar-refractivity contribution is 0.183. The predicted molar refractivity (Wildman–Crippen MR) is 161 cm³/mol. The Bertz CT molecular complexity index is 1690. The first-order valence-electron chi connectivity index (χ1n) is 14.5. The van der Waals surface area contributed by atoms with E-state index < -0.39 is 5.82 Å². The summed E-state index contributed by atoms with van der Waals surface area (Å²) >= 11 is 6.90. The molecule has 6 nitrogen and oxygen atoms in total. The SMILES string of the molecule is CN(C)CC1(COc2nc(N3CC4CCC(C4)C3)c3cc(Cl)c(-c4cccc5cccc(C#N)c45)c(F)c3n2)CC1. The Morgan fingerprint density at radius 2 is 1.85 bits per heavy atom. The molecular weight excluding hydrogens is 537 g/mol. The van der Waals surface area contributed by atoms with Gasteiger partial charge in [0, 0.05) is 41.4 Å². The molecule has 2 atom stereocenters. The highest BCUT2D eigenvalue weighted by molar-refractivity contribution is 6.35. The van der Waals surface area contributed by atoms with Gasteiger partial charge in [0.1, 0.15) is 11.3 Å². The second-order valence-electron chi connectivity index (χ2n) is 12.6. The van der Waals surface area contributed by atoms with Crippen LogP contribution in [0.5, 0.6) is 6.01 Å². The van der Waals surface area contributed by atoms with Crippen molar-refractivity contribution in [2.45, 2.75) is 32.1 Å². The van der Waals surface area contributed by atoms with Crippen LogP contribution in [0.4, 0.5) is 10.2 Å². The van der Waals surface area contributed by atoms with Crippen molar-refractivity contribution in [2.75, 3.05) is 45.2 Å². The van der Waals surface area contributed by atoms with E-state index in [2.05, 4.69) is 34.9 Å². The quantitative estimate of drug-likeness (QED) is 0.237. The van der Waals surface area contributed by atoms with Crippen molar-refractivity contribution in [1.29, 1.82) is 5.26 Å². The van der Waals surface area contributed by atoms with Gasteiger partial charge in [0.2, 0.25) is 0 Å². The number of fused-ring (bicyclic) bond motifs is 4. The number of ether oxygens (including phenoxy) is 1. The normalized spacial score (nSPS) is 21.0. The summed E-state index contributed by atoms with van der Waals surface area (Å²) in [6.07, 6.45) is 5.89. The third kappa shape index (κ3) is 4.77. The van der Waals surface area contributed by atoms with Crippen molar-refractivity contribution in [3.05, 3.63) is 58.9 Å². The predicted octanol–water partition coefficient (Wildman–Crippen LogP) is 7.07. The highest BCUT2D eigenvalue weighted by atomic mass is 35.5. The van der Waals surface area contributed by atoms with Gasteiger partial charge < -0.3 is 14.5 Å². The molecule has 3 fully saturated rings. The van der Waals surface area contributed by atoms with Gasteiger partial charge in [0.25, 0.3) is 0 Å². The number of benzene rings is 3. The van der Waals surface area contributed by atoms with E-state index in [4.69, 9.17) is 21.3 Å². The lowest BCUT2D eigenvalue weighted by Gasteiger charge is -2.33. The van der Waals surface area contributed by atoms with E-state index in [9.17, 15) is 5.26 Å². The van der Waals surface area contributed by atoms with E-state index in [1.807, 2.05) is 30.3 Å². The molecule has 0 amide bonds. The molecule has 1 aliphatic heterocycles. The van der Waals surface area contributed by atoms with Crippen LogP contribution in [0.2, 0.25) is 5.02 Å². The standard InChI is InChI=1S/C33H33ClFN5O/c1-39(2)18-33(11-12-33)19-41-32-37-30-25(31(38-32)40-16-20-9-10-21(13-20)17-40)14-26(34)28(29(30)35)24-8-4-6-22-5-3-7-23(15-36)27(22)24/h3-8,14,20-21H,9-13,16-19H2,1-2H3. The summed E-state index contributed by atoms with van der Waals surface area (Å²) in [7, 11) is 4.14. The van der Waals surface area contributed by atoms with Gasteiger partial charge in [-0.25, -0.2) is 4.39 Å². The molecule has 8 heteroatoms. The van der Waals surface area contributed by atoms with Crippen molar-refractivity contribution in [2.24, 2.45) is 17.3 Å². The van der Waals surface area contributed by atoms with Crippen LogP contribution in [0.1, 0.15) is 37.7 Å². The number of rotatable bonds is 7. The van der Waals surface area contributed by atoms with Crippen LogP contribution in [0.3, 0.4) is 0 Å². The van der Waals surface area contributed by atoms with Gasteiger partial charge in [0.15, 0.2) is 5.82 Å². The lowest BCUT2D eigenvalue weighted by Crippen LogP contribution is -2.37. The zero-order chi connectivity index (χ0) is 28.3. The van der Waals surface area contributed by atoms with Gasteiger partial charge in [-0.2, -0.15) is 15.2 Å². The zero-order valence-electron chi connectivity index (χ0n) is 23.5. The Balaban J connectivity index is 1.39. The van der Waals surface area contributed by atoms with Crippen LogP contribution in [-0.2, 0) is 0 Å². The Kier molecular flexibility index (Phi) is 6.52. The molecule has 0 spiro atoms. The molecule has 2 aliphatic carbocycles. The summed E-state index contributed by atoms with van der Waals surface area (Å²) in [5.74, 6) is 1.42. The number of hydrogen-bond donors (Lipinski definition) is 0. The molecule has 1 aromatic heterocycles. The molecule has 0 N–H and O–H groups in total. The fourth-order valence-electron chi connectivity index (χ4n) is 7.15. The molecule has 3 aliphatic rings. The average Bonchev–Trinajstić information content (AvgIpc) is 3.64. The number of aromatic nitrogens is 2. The summed E-state index contributed by atoms with van der Waals surface area (Å²) in [5, 5.41) is 12.2. The molecule has 210 valence electrons. The molecule has 2 unspecified atom stereocenters. The molecule has 2 saturated carbocycles. The van der Waals surface area contributed by atoms with E-state index in [1.165, 1.54) is 19.3 Å². The van der Waals surface area contributed by atoms with Crippen LogP contribution >= 0.6 is 11.6 Å². The lowest BCUT2D eigenvalue weighted by atomic mass is 9.93. The van der Waals surface area contributed by atoms with E-state index in [0.29, 0.717) is 46.2 Å². The number of nitrogens with zero attached hydrogens (tertiary/aromatic N) is 5. The average molecular weight is 570 g/mol. The highest BCUT2D eigenvalue weighted by Gasteiger charge is 2.44. The Morgan fingerprint density at radius 3 is 2.54 bits per heavy atom. The number of piperidine rings is 1. The first-order valence-corrected chi connectivity index (χ1v) is 14.9. The summed E-state index contributed by atoms with van der Waals surface area (Å²) in [4.78, 5) is 14.0. The molecule has 3 aromatic carbocycles. The van der Waals surface area contributed by atoms with Crippen LogP contribution in [-0.4, -0.2) is 55.2 Å². The van der Waals surface area contributed by atoms with Crippen molar-refractivity contribution in [3.8, 4) is 23.2 Å². The van der Waals surface area contributed by atoms with Gasteiger partial charge in [-0.05, 0) is 81.1 Å². The third-order valence-electron chi connectivity index (χ3n) is 9.16. The fraction of sp³-hybridized carbons (Fsp3) is 0.424.